The largest absolute Gasteiger partial charge is 0.481 e. The number of aliphatic carboxylic acids is 1. The number of ketones is 1. The second-order valence-electron chi connectivity index (χ2n) is 23.7. The van der Waals surface area contributed by atoms with Crippen molar-refractivity contribution >= 4 is 76.8 Å². The number of carboxylic acids is 1. The Morgan fingerprint density at radius 1 is 0.670 bits per heavy atom. The number of Topliss-reactive ketones (excluding diaryl/α,β-unsaturated/α-hetero) is 1. The van der Waals surface area contributed by atoms with Gasteiger partial charge in [0.1, 0.15) is 36.0 Å². The van der Waals surface area contributed by atoms with Crippen LogP contribution < -0.4 is 53.6 Å². The summed E-state index contributed by atoms with van der Waals surface area (Å²) in [6, 6.07) is -6.69. The maximum absolute atomic E-state index is 14.4. The second-order valence-corrected chi connectivity index (χ2v) is 25.0. The number of urea groups is 1. The highest BCUT2D eigenvalue weighted by atomic mass is 32.2. The van der Waals surface area contributed by atoms with E-state index in [2.05, 4.69) is 58.2 Å². The van der Waals surface area contributed by atoms with Gasteiger partial charge in [0.15, 0.2) is 0 Å². The predicted octanol–water partition coefficient (Wildman–Crippen LogP) is -1.66. The number of hydrogen-bond donors (Lipinski definition) is 11. The number of carbonyl (C=O) groups excluding carboxylic acids is 10. The maximum Gasteiger partial charge on any atom is 0.315 e. The van der Waals surface area contributed by atoms with Gasteiger partial charge in [0.25, 0.3) is 0 Å². The number of nitrogens with one attached hydrogen (secondary N) is 9. The molecule has 0 aromatic carbocycles. The van der Waals surface area contributed by atoms with Gasteiger partial charge in [0.05, 0.1) is 96.4 Å². The molecule has 4 aliphatic rings. The lowest BCUT2D eigenvalue weighted by Gasteiger charge is -2.33. The molecular weight excluding hydrogens is 1210 g/mol. The van der Waals surface area contributed by atoms with Crippen LogP contribution in [0.25, 0.3) is 0 Å². The third kappa shape index (κ3) is 27.7. The van der Waals surface area contributed by atoms with Crippen LogP contribution in [0, 0.1) is 11.8 Å². The Bertz CT molecular complexity index is 2530. The van der Waals surface area contributed by atoms with E-state index in [-0.39, 0.29) is 94.8 Å². The van der Waals surface area contributed by atoms with Gasteiger partial charge in [-0.2, -0.15) is 11.8 Å². The monoisotopic (exact) mass is 1310 g/mol. The summed E-state index contributed by atoms with van der Waals surface area (Å²) < 4.78 is 29.5. The summed E-state index contributed by atoms with van der Waals surface area (Å²) in [5.74, 6) is -6.03. The Kier molecular flexibility index (Phi) is 33.9. The summed E-state index contributed by atoms with van der Waals surface area (Å²) in [7, 11) is 0. The molecule has 10 amide bonds. The lowest BCUT2D eigenvalue weighted by atomic mass is 9.98. The van der Waals surface area contributed by atoms with Crippen LogP contribution in [0.1, 0.15) is 123 Å². The number of carboxylic acid groups (broad SMARTS) is 1. The molecule has 0 aliphatic carbocycles. The number of hydrogen-bond acceptors (Lipinski definition) is 20. The molecule has 91 heavy (non-hydrogen) atoms. The number of carbonyl (C=O) groups is 11. The number of amides is 10. The molecule has 512 valence electrons. The van der Waals surface area contributed by atoms with E-state index in [0.717, 1.165) is 25.0 Å². The van der Waals surface area contributed by atoms with Crippen molar-refractivity contribution in [3.8, 4) is 0 Å². The van der Waals surface area contributed by atoms with Crippen molar-refractivity contribution in [2.75, 3.05) is 98.0 Å². The zero-order valence-corrected chi connectivity index (χ0v) is 53.9. The van der Waals surface area contributed by atoms with Gasteiger partial charge in [0, 0.05) is 75.5 Å². The number of fused-ring (bicyclic) bond motifs is 4. The Hall–Kier alpha value is -6.58. The molecular formula is C59H98N14O17S. The molecule has 9 atom stereocenters. The van der Waals surface area contributed by atoms with Crippen molar-refractivity contribution in [1.29, 1.82) is 0 Å². The summed E-state index contributed by atoms with van der Waals surface area (Å²) in [5, 5.41) is 42.8. The third-order valence-electron chi connectivity index (χ3n) is 15.7. The van der Waals surface area contributed by atoms with Crippen LogP contribution in [-0.4, -0.2) is 242 Å². The minimum Gasteiger partial charge on any atom is -0.481 e. The van der Waals surface area contributed by atoms with Crippen LogP contribution in [0.15, 0.2) is 6.20 Å². The molecule has 3 fully saturated rings. The van der Waals surface area contributed by atoms with Gasteiger partial charge in [-0.3, -0.25) is 52.6 Å². The predicted molar refractivity (Wildman–Crippen MR) is 330 cm³/mol. The molecule has 5 heterocycles. The zero-order valence-electron chi connectivity index (χ0n) is 53.1. The number of nitrogens with zero attached hydrogens (tertiary/aromatic N) is 4. The molecule has 2 bridgehead atoms. The molecule has 0 spiro atoms. The molecule has 0 unspecified atom stereocenters. The van der Waals surface area contributed by atoms with E-state index in [1.807, 2.05) is 11.8 Å². The van der Waals surface area contributed by atoms with E-state index in [0.29, 0.717) is 109 Å². The quantitative estimate of drug-likeness (QED) is 0.0277. The number of unbranched alkanes of at least 4 members (excludes halogenated alkanes) is 1. The van der Waals surface area contributed by atoms with Crippen molar-refractivity contribution < 1.29 is 81.5 Å². The fourth-order valence-corrected chi connectivity index (χ4v) is 12.2. The van der Waals surface area contributed by atoms with Crippen LogP contribution in [0.4, 0.5) is 4.79 Å². The van der Waals surface area contributed by atoms with Crippen LogP contribution in [-0.2, 0) is 84.6 Å². The van der Waals surface area contributed by atoms with Gasteiger partial charge in [0.2, 0.25) is 47.3 Å². The molecule has 1 aromatic rings. The van der Waals surface area contributed by atoms with E-state index < -0.39 is 108 Å². The van der Waals surface area contributed by atoms with Gasteiger partial charge in [-0.05, 0) is 69.6 Å². The summed E-state index contributed by atoms with van der Waals surface area (Å²) in [4.78, 5) is 145. The highest BCUT2D eigenvalue weighted by Gasteiger charge is 2.43. The summed E-state index contributed by atoms with van der Waals surface area (Å²) in [6.07, 6.45) is 6.94. The standard InChI is InChI=1S/C59H98N14O17S/c1-37(2)50-57(83)68-51(38(3)4)58(84)73-22-10-13-45(73)56(82)65-42(12-7-8-21-72-35-39(70-71-72)33-41(60)53(79)63-34-48(76)64-43(55(81)67-50)16-17-49(77)78)54(80)62-20-24-87-26-28-89-30-32-90-31-29-88-27-25-86-23-18-40(74)11-9-19-61-47(75)15-6-5-14-46-52-44(36-91-46)66-59(85)69-52/h35,37-38,41-46,50-52H,5-34,36,60H2,1-4H3,(H,61,75)(H,62,80)(H,63,79)(H,64,76)(H,65,82)(H,67,81)(H,68,83)(H,77,78)(H2,66,69,85)/t41-,42-,43-,44-,45-,46-,50-,51-,52-/m0/s1. The van der Waals surface area contributed by atoms with Gasteiger partial charge in [-0.15, -0.1) is 5.10 Å². The average Bonchev–Trinajstić information content (AvgIpc) is 1.81. The number of nitrogens with two attached hydrogens (primary N) is 1. The fraction of sp³-hybridized carbons (Fsp3) is 0.780. The maximum atomic E-state index is 14.4. The average molecular weight is 1310 g/mol. The van der Waals surface area contributed by atoms with Crippen molar-refractivity contribution in [2.45, 2.75) is 184 Å². The molecule has 0 saturated carbocycles. The molecule has 1 aromatic heterocycles. The van der Waals surface area contributed by atoms with Gasteiger partial charge in [-0.25, -0.2) is 4.79 Å². The van der Waals surface area contributed by atoms with E-state index >= 15 is 0 Å². The first-order chi connectivity index (χ1) is 43.7. The first-order valence-electron chi connectivity index (χ1n) is 32.0. The first-order valence-corrected chi connectivity index (χ1v) is 33.0. The number of aromatic nitrogens is 3. The van der Waals surface area contributed by atoms with Crippen molar-refractivity contribution in [1.82, 2.24) is 67.7 Å². The van der Waals surface area contributed by atoms with Crippen LogP contribution in [0.2, 0.25) is 0 Å². The highest BCUT2D eigenvalue weighted by molar-refractivity contribution is 8.00. The molecule has 12 N–H and O–H groups in total. The highest BCUT2D eigenvalue weighted by Crippen LogP contribution is 2.33. The molecule has 0 radical (unpaired) electrons. The lowest BCUT2D eigenvalue weighted by molar-refractivity contribution is -0.143. The smallest absolute Gasteiger partial charge is 0.315 e. The van der Waals surface area contributed by atoms with Crippen molar-refractivity contribution in [3.05, 3.63) is 11.9 Å². The molecule has 5 rings (SSSR count). The topological polar surface area (TPSA) is 422 Å². The Morgan fingerprint density at radius 2 is 1.34 bits per heavy atom. The molecule has 4 aliphatic heterocycles. The molecule has 31 nitrogen and oxygen atoms in total. The van der Waals surface area contributed by atoms with Crippen LogP contribution in [0.3, 0.4) is 0 Å². The SMILES string of the molecule is CC(C)[C@@H]1NC(=O)[C@H](CCC(=O)O)NC(=O)CNC(=O)[C@@H](N)Cc2cn(nn2)CCCC[C@@H](C(=O)NCCOCCOCCOCCOCCOCCC(=O)CCCNC(=O)CCCC[C@@H]2SC[C@@H]3NC(=O)N[C@@H]32)NC(=O)[C@@H]2CCCN2C(=O)[C@H](C(C)C)NC1=O. The Balaban J connectivity index is 0.974. The van der Waals surface area contributed by atoms with Gasteiger partial charge in [-0.1, -0.05) is 39.3 Å². The van der Waals surface area contributed by atoms with Crippen LogP contribution >= 0.6 is 11.8 Å². The minimum atomic E-state index is -1.43. The van der Waals surface area contributed by atoms with E-state index in [1.165, 1.54) is 4.90 Å². The Labute approximate surface area is 535 Å². The normalized spacial score (nSPS) is 24.1. The number of thioether (sulfide) groups is 1. The van der Waals surface area contributed by atoms with E-state index in [4.69, 9.17) is 29.4 Å². The van der Waals surface area contributed by atoms with Gasteiger partial charge >= 0.3 is 12.0 Å². The van der Waals surface area contributed by atoms with Crippen molar-refractivity contribution in [3.63, 3.8) is 0 Å². The first kappa shape index (κ1) is 75.1. The van der Waals surface area contributed by atoms with Crippen LogP contribution in [0.5, 0.6) is 0 Å². The number of rotatable bonds is 33. The van der Waals surface area contributed by atoms with E-state index in [1.54, 1.807) is 38.6 Å². The third-order valence-corrected chi connectivity index (χ3v) is 17.3. The molecule has 32 heteroatoms. The fourth-order valence-electron chi connectivity index (χ4n) is 10.7. The Morgan fingerprint density at radius 3 is 2.02 bits per heavy atom. The van der Waals surface area contributed by atoms with Crippen molar-refractivity contribution in [2.24, 2.45) is 17.6 Å². The minimum absolute atomic E-state index is 0.0142. The van der Waals surface area contributed by atoms with Gasteiger partial charge < -0.3 is 87.3 Å². The summed E-state index contributed by atoms with van der Waals surface area (Å²) in [6.45, 7) is 10.2. The summed E-state index contributed by atoms with van der Waals surface area (Å²) >= 11 is 1.87. The van der Waals surface area contributed by atoms with E-state index in [9.17, 15) is 57.8 Å². The zero-order chi connectivity index (χ0) is 66.1. The summed E-state index contributed by atoms with van der Waals surface area (Å²) in [5.41, 5.74) is 6.52. The number of ether oxygens (including phenoxy) is 5. The molecule has 3 saturated heterocycles. The lowest BCUT2D eigenvalue weighted by Crippen LogP contribution is -2.61. The second kappa shape index (κ2) is 41.1. The number of aryl methyl sites for hydroxylation is 1.